The maximum Gasteiger partial charge on any atom is 0.136 e. The average Bonchev–Trinajstić information content (AvgIpc) is 4.05. The van der Waals surface area contributed by atoms with Gasteiger partial charge in [0.1, 0.15) is 17.0 Å². The Labute approximate surface area is 443 Å². The molecular formula is C66H57N4O2Pt-3. The van der Waals surface area contributed by atoms with Crippen LogP contribution in [0, 0.1) is 18.8 Å². The van der Waals surface area contributed by atoms with Crippen molar-refractivity contribution >= 4 is 66.5 Å². The van der Waals surface area contributed by atoms with Crippen LogP contribution >= 0.6 is 0 Å². The standard InChI is InChI=1S/C66H57N4O2.Pt/c1-64(2,3)46-31-32-67-63(38-46)70-57-30-26-44(42-21-23-43(24-22-42)45-25-28-55-54-17-10-13-20-61(54)72-62(55)34-45)33-56(57)53-29-27-52(40-60(53)70)71-51-16-14-15-49(39-51)68-41-69(59-19-12-11-18-58(59)68)50-36-47(65(4,5)6)35-48(37-50)66(7,8)9;/h10-38,41H,1-9H3;/q-3;. The molecule has 3 aromatic heterocycles. The number of furan rings is 1. The van der Waals surface area contributed by atoms with E-state index in [1.54, 1.807) is 0 Å². The Bertz CT molecular complexity index is 3870. The van der Waals surface area contributed by atoms with Crippen molar-refractivity contribution in [3.63, 3.8) is 0 Å². The minimum atomic E-state index is -0.0669. The van der Waals surface area contributed by atoms with Crippen LogP contribution in [0.2, 0.25) is 0 Å². The van der Waals surface area contributed by atoms with Crippen molar-refractivity contribution in [1.82, 2.24) is 9.55 Å². The van der Waals surface area contributed by atoms with Gasteiger partial charge in [-0.15, -0.1) is 48.1 Å². The van der Waals surface area contributed by atoms with Gasteiger partial charge in [0.25, 0.3) is 0 Å². The number of hydrogen-bond acceptors (Lipinski definition) is 5. The third-order valence-electron chi connectivity index (χ3n) is 14.2. The summed E-state index contributed by atoms with van der Waals surface area (Å²) in [7, 11) is 0. The number of fused-ring (bicyclic) bond motifs is 7. The van der Waals surface area contributed by atoms with E-state index in [1.807, 2.05) is 36.5 Å². The van der Waals surface area contributed by atoms with Crippen LogP contribution in [0.15, 0.2) is 180 Å². The fraction of sp³-hybridized carbons (Fsp3) is 0.182. The van der Waals surface area contributed by atoms with Crippen molar-refractivity contribution in [3.05, 3.63) is 212 Å². The van der Waals surface area contributed by atoms with Gasteiger partial charge in [-0.2, -0.15) is 12.1 Å². The van der Waals surface area contributed by atoms with Crippen molar-refractivity contribution in [1.29, 1.82) is 0 Å². The summed E-state index contributed by atoms with van der Waals surface area (Å²) in [5, 5.41) is 4.43. The summed E-state index contributed by atoms with van der Waals surface area (Å²) in [6.45, 7) is 22.6. The van der Waals surface area contributed by atoms with Crippen molar-refractivity contribution in [2.75, 3.05) is 9.80 Å². The van der Waals surface area contributed by atoms with Crippen LogP contribution in [0.1, 0.15) is 79.0 Å². The zero-order valence-corrected chi connectivity index (χ0v) is 45.0. The SMILES string of the molecule is CC(C)(C)c1cc(N2[CH-]N(c3[c-]c(Oc4[c-]c5c(cc4)c4cc(-c6ccc(-c7ccc8c(c7)oc7ccccc78)cc6)ccc4n5-c4cc(C(C)(C)C)ccn4)ccc3)c3ccccc32)cc(C(C)(C)C)c1.[Pt]. The van der Waals surface area contributed by atoms with E-state index in [0.717, 1.165) is 94.6 Å². The minimum absolute atomic E-state index is 0. The first-order valence-corrected chi connectivity index (χ1v) is 24.9. The molecule has 0 fully saturated rings. The summed E-state index contributed by atoms with van der Waals surface area (Å²) in [6.07, 6.45) is 1.91. The number of rotatable bonds is 7. The van der Waals surface area contributed by atoms with Gasteiger partial charge in [0.2, 0.25) is 0 Å². The molecular weight excluding hydrogens is 1080 g/mol. The van der Waals surface area contributed by atoms with E-state index in [9.17, 15) is 0 Å². The fourth-order valence-corrected chi connectivity index (χ4v) is 10.0. The van der Waals surface area contributed by atoms with Crippen LogP contribution in [0.4, 0.5) is 22.7 Å². The van der Waals surface area contributed by atoms with Crippen molar-refractivity contribution in [2.24, 2.45) is 0 Å². The molecule has 11 aromatic rings. The van der Waals surface area contributed by atoms with Gasteiger partial charge in [0.05, 0.1) is 0 Å². The van der Waals surface area contributed by atoms with Gasteiger partial charge in [0, 0.05) is 72.1 Å². The predicted molar refractivity (Wildman–Crippen MR) is 298 cm³/mol. The number of anilines is 4. The van der Waals surface area contributed by atoms with Crippen molar-refractivity contribution in [3.8, 4) is 39.6 Å². The molecule has 4 heterocycles. The number of pyridine rings is 1. The van der Waals surface area contributed by atoms with Gasteiger partial charge in [-0.05, 0) is 121 Å². The van der Waals surface area contributed by atoms with Gasteiger partial charge in [-0.3, -0.25) is 0 Å². The molecule has 1 aliphatic heterocycles. The molecule has 0 amide bonds. The maximum atomic E-state index is 6.73. The predicted octanol–water partition coefficient (Wildman–Crippen LogP) is 18.1. The molecule has 0 radical (unpaired) electrons. The molecule has 7 heteroatoms. The Hall–Kier alpha value is -7.40. The van der Waals surface area contributed by atoms with Crippen LogP contribution in [0.3, 0.4) is 0 Å². The van der Waals surface area contributed by atoms with Crippen LogP contribution in [0.5, 0.6) is 11.5 Å². The summed E-state index contributed by atoms with van der Waals surface area (Å²) in [4.78, 5) is 9.47. The quantitative estimate of drug-likeness (QED) is 0.149. The van der Waals surface area contributed by atoms with Crippen LogP contribution < -0.4 is 14.5 Å². The molecule has 73 heavy (non-hydrogen) atoms. The second-order valence-electron chi connectivity index (χ2n) is 22.3. The van der Waals surface area contributed by atoms with Crippen molar-refractivity contribution < 1.29 is 30.2 Å². The molecule has 0 atom stereocenters. The van der Waals surface area contributed by atoms with E-state index < -0.39 is 0 Å². The molecule has 0 bridgehead atoms. The summed E-state index contributed by atoms with van der Waals surface area (Å²) in [6, 6.07) is 67.7. The Balaban J connectivity index is 0.00000574. The zero-order chi connectivity index (χ0) is 49.7. The van der Waals surface area contributed by atoms with E-state index in [-0.39, 0.29) is 37.3 Å². The number of hydrogen-bond donors (Lipinski definition) is 0. The molecule has 0 N–H and O–H groups in total. The first-order valence-electron chi connectivity index (χ1n) is 24.9. The Kier molecular flexibility index (Phi) is 11.8. The Morgan fingerprint density at radius 1 is 0.479 bits per heavy atom. The fourth-order valence-electron chi connectivity index (χ4n) is 10.0. The van der Waals surface area contributed by atoms with E-state index in [2.05, 4.69) is 235 Å². The summed E-state index contributed by atoms with van der Waals surface area (Å²) in [5.41, 5.74) is 16.1. The number of aromatic nitrogens is 2. The molecule has 8 aromatic carbocycles. The minimum Gasteiger partial charge on any atom is -0.509 e. The van der Waals surface area contributed by atoms with Gasteiger partial charge < -0.3 is 23.5 Å². The van der Waals surface area contributed by atoms with Gasteiger partial charge >= 0.3 is 0 Å². The molecule has 0 spiro atoms. The molecule has 0 saturated carbocycles. The zero-order valence-electron chi connectivity index (χ0n) is 42.7. The third-order valence-corrected chi connectivity index (χ3v) is 14.2. The van der Waals surface area contributed by atoms with E-state index in [4.69, 9.17) is 14.1 Å². The first-order chi connectivity index (χ1) is 34.5. The van der Waals surface area contributed by atoms with Gasteiger partial charge in [-0.1, -0.05) is 147 Å². The van der Waals surface area contributed by atoms with Gasteiger partial charge in [-0.25, -0.2) is 4.98 Å². The van der Waals surface area contributed by atoms with Crippen LogP contribution in [0.25, 0.3) is 71.8 Å². The van der Waals surface area contributed by atoms with E-state index >= 15 is 0 Å². The van der Waals surface area contributed by atoms with Crippen molar-refractivity contribution in [2.45, 2.75) is 78.6 Å². The molecule has 0 saturated heterocycles. The molecule has 0 unspecified atom stereocenters. The molecule has 6 nitrogen and oxygen atoms in total. The Morgan fingerprint density at radius 3 is 1.79 bits per heavy atom. The normalized spacial score (nSPS) is 13.1. The number of para-hydroxylation sites is 3. The topological polar surface area (TPSA) is 46.7 Å². The summed E-state index contributed by atoms with van der Waals surface area (Å²) >= 11 is 0. The third kappa shape index (κ3) is 8.80. The Morgan fingerprint density at radius 2 is 1.08 bits per heavy atom. The monoisotopic (exact) mass is 1130 g/mol. The molecule has 1 aliphatic rings. The van der Waals surface area contributed by atoms with Gasteiger partial charge in [0.15, 0.2) is 0 Å². The molecule has 12 rings (SSSR count). The largest absolute Gasteiger partial charge is 0.509 e. The second-order valence-corrected chi connectivity index (χ2v) is 22.3. The van der Waals surface area contributed by atoms with E-state index in [0.29, 0.717) is 11.5 Å². The van der Waals surface area contributed by atoms with Crippen LogP contribution in [-0.2, 0) is 37.3 Å². The first kappa shape index (κ1) is 47.9. The molecule has 0 aliphatic carbocycles. The number of ether oxygens (including phenoxy) is 1. The number of benzene rings is 8. The molecule has 366 valence electrons. The maximum absolute atomic E-state index is 6.73. The summed E-state index contributed by atoms with van der Waals surface area (Å²) < 4.78 is 15.2. The smallest absolute Gasteiger partial charge is 0.136 e. The second kappa shape index (κ2) is 18.0. The average molecular weight is 1130 g/mol. The van der Waals surface area contributed by atoms with E-state index in [1.165, 1.54) is 16.7 Å². The number of nitrogens with zero attached hydrogens (tertiary/aromatic N) is 4. The summed E-state index contributed by atoms with van der Waals surface area (Å²) in [5.74, 6) is 2.01. The van der Waals surface area contributed by atoms with Crippen LogP contribution in [-0.4, -0.2) is 9.55 Å².